The lowest BCUT2D eigenvalue weighted by molar-refractivity contribution is 0.0106. The molecule has 1 saturated carbocycles. The fraction of sp³-hybridized carbons (Fsp3) is 0.400. The lowest BCUT2D eigenvalue weighted by Crippen LogP contribution is -2.33. The van der Waals surface area contributed by atoms with Gasteiger partial charge in [-0.1, -0.05) is 6.92 Å². The van der Waals surface area contributed by atoms with Gasteiger partial charge in [0.25, 0.3) is 0 Å². The van der Waals surface area contributed by atoms with Crippen LogP contribution in [0, 0.1) is 24.6 Å². The van der Waals surface area contributed by atoms with Crippen LogP contribution >= 0.6 is 0 Å². The monoisotopic (exact) mass is 465 g/mol. The number of hydrogen-bond acceptors (Lipinski definition) is 7. The Morgan fingerprint density at radius 2 is 2.09 bits per heavy atom. The van der Waals surface area contributed by atoms with Gasteiger partial charge >= 0.3 is 6.09 Å². The summed E-state index contributed by atoms with van der Waals surface area (Å²) >= 11 is 0. The third-order valence-electron chi connectivity index (χ3n) is 6.77. The Kier molecular flexibility index (Phi) is 5.73. The van der Waals surface area contributed by atoms with Gasteiger partial charge in [0.05, 0.1) is 29.8 Å². The molecule has 2 aromatic heterocycles. The number of nitrogens with one attached hydrogen (secondary N) is 2. The van der Waals surface area contributed by atoms with Crippen molar-refractivity contribution in [3.05, 3.63) is 41.6 Å². The number of nitrogens with two attached hydrogens (primary N) is 1. The van der Waals surface area contributed by atoms with E-state index in [1.54, 1.807) is 18.3 Å². The third kappa shape index (κ3) is 4.11. The van der Waals surface area contributed by atoms with E-state index >= 15 is 4.39 Å². The van der Waals surface area contributed by atoms with Gasteiger partial charge in [-0.25, -0.2) is 14.2 Å². The number of amides is 1. The fourth-order valence-corrected chi connectivity index (χ4v) is 4.73. The molecule has 1 aromatic carbocycles. The highest BCUT2D eigenvalue weighted by Gasteiger charge is 2.28. The molecule has 0 saturated heterocycles. The van der Waals surface area contributed by atoms with Crippen LogP contribution in [-0.4, -0.2) is 40.4 Å². The number of aliphatic hydroxyl groups excluding tert-OH is 1. The molecule has 34 heavy (non-hydrogen) atoms. The first-order valence-electron chi connectivity index (χ1n) is 11.5. The molecule has 9 heteroatoms. The molecule has 3 aromatic rings. The molecule has 0 radical (unpaired) electrons. The number of carbonyl (C=O) groups excluding carboxylic acids is 1. The van der Waals surface area contributed by atoms with Crippen molar-refractivity contribution in [1.29, 1.82) is 0 Å². The molecule has 1 amide bonds. The Labute approximate surface area is 196 Å². The molecule has 0 unspecified atom stereocenters. The summed E-state index contributed by atoms with van der Waals surface area (Å²) in [6, 6.07) is 3.35. The van der Waals surface area contributed by atoms with Crippen molar-refractivity contribution in [3.63, 3.8) is 0 Å². The summed E-state index contributed by atoms with van der Waals surface area (Å²) in [5.41, 5.74) is 10.0. The summed E-state index contributed by atoms with van der Waals surface area (Å²) in [5, 5.41) is 16.5. The predicted octanol–water partition coefficient (Wildman–Crippen LogP) is 4.25. The third-order valence-corrected chi connectivity index (χ3v) is 6.77. The minimum Gasteiger partial charge on any atom is -0.449 e. The highest BCUT2D eigenvalue weighted by molar-refractivity contribution is 5.99. The number of anilines is 3. The lowest BCUT2D eigenvalue weighted by atomic mass is 9.83. The number of aromatic nitrogens is 2. The molecule has 1 atom stereocenters. The quantitative estimate of drug-likeness (QED) is 0.425. The predicted molar refractivity (Wildman–Crippen MR) is 129 cm³/mol. The minimum atomic E-state index is -0.626. The number of benzene rings is 1. The van der Waals surface area contributed by atoms with E-state index in [4.69, 9.17) is 10.5 Å². The van der Waals surface area contributed by atoms with Gasteiger partial charge in [-0.3, -0.25) is 10.3 Å². The topological polar surface area (TPSA) is 122 Å². The van der Waals surface area contributed by atoms with Crippen LogP contribution in [0.3, 0.4) is 0 Å². The van der Waals surface area contributed by atoms with E-state index in [1.165, 1.54) is 6.20 Å². The van der Waals surface area contributed by atoms with Crippen LogP contribution < -0.4 is 16.4 Å². The first-order valence-corrected chi connectivity index (χ1v) is 11.5. The Hall–Kier alpha value is -3.46. The van der Waals surface area contributed by atoms with Crippen LogP contribution in [0.15, 0.2) is 24.5 Å². The van der Waals surface area contributed by atoms with Crippen LogP contribution in [-0.2, 0) is 11.2 Å². The number of carbonyl (C=O) groups is 1. The second-order valence-electron chi connectivity index (χ2n) is 9.47. The summed E-state index contributed by atoms with van der Waals surface area (Å²) in [6.45, 7) is 5.21. The zero-order valence-electron chi connectivity index (χ0n) is 19.2. The normalized spacial score (nSPS) is 21.4. The number of rotatable bonds is 4. The van der Waals surface area contributed by atoms with Gasteiger partial charge in [-0.05, 0) is 61.1 Å². The average Bonchev–Trinajstić information content (AvgIpc) is 2.78. The molecule has 8 nitrogen and oxygen atoms in total. The first-order chi connectivity index (χ1) is 16.3. The molecule has 3 heterocycles. The average molecular weight is 466 g/mol. The number of hydrogen-bond donors (Lipinski definition) is 4. The second kappa shape index (κ2) is 8.72. The molecule has 2 aliphatic rings. The lowest BCUT2D eigenvalue weighted by Gasteiger charge is -2.30. The Morgan fingerprint density at radius 3 is 2.85 bits per heavy atom. The van der Waals surface area contributed by atoms with E-state index in [0.29, 0.717) is 40.7 Å². The summed E-state index contributed by atoms with van der Waals surface area (Å²) in [7, 11) is 0. The smallest absolute Gasteiger partial charge is 0.412 e. The Balaban J connectivity index is 1.43. The largest absolute Gasteiger partial charge is 0.449 e. The summed E-state index contributed by atoms with van der Waals surface area (Å²) in [6.07, 6.45) is 4.37. The number of halogens is 1. The number of nitrogens with zero attached hydrogens (tertiary/aromatic N) is 2. The van der Waals surface area contributed by atoms with Crippen molar-refractivity contribution >= 4 is 34.1 Å². The molecule has 5 N–H and O–H groups in total. The molecule has 1 aliphatic carbocycles. The highest BCUT2D eigenvalue weighted by atomic mass is 19.1. The summed E-state index contributed by atoms with van der Waals surface area (Å²) in [5.74, 6) is 0.427. The van der Waals surface area contributed by atoms with Crippen molar-refractivity contribution in [2.24, 2.45) is 11.8 Å². The van der Waals surface area contributed by atoms with Crippen molar-refractivity contribution in [2.45, 2.75) is 39.2 Å². The van der Waals surface area contributed by atoms with Gasteiger partial charge in [0.15, 0.2) is 5.82 Å². The second-order valence-corrected chi connectivity index (χ2v) is 9.47. The Bertz CT molecular complexity index is 1280. The molecule has 1 fully saturated rings. The van der Waals surface area contributed by atoms with Crippen LogP contribution in [0.1, 0.15) is 31.0 Å². The van der Waals surface area contributed by atoms with Crippen LogP contribution in [0.4, 0.5) is 26.4 Å². The maximum atomic E-state index is 15.3. The Morgan fingerprint density at radius 1 is 1.29 bits per heavy atom. The first kappa shape index (κ1) is 22.3. The SMILES string of the molecule is Cc1c(-c2cc3cc(NC(=O)OCC4CC(O)C4)ncc3c(N)c2F)cnc2c1NC[C@H](C)C2. The van der Waals surface area contributed by atoms with E-state index < -0.39 is 11.9 Å². The molecule has 0 bridgehead atoms. The number of nitrogen functional groups attached to an aromatic ring is 1. The molecular formula is C25H28FN5O3. The maximum Gasteiger partial charge on any atom is 0.412 e. The van der Waals surface area contributed by atoms with Crippen molar-refractivity contribution in [3.8, 4) is 11.1 Å². The zero-order chi connectivity index (χ0) is 24.0. The molecule has 5 rings (SSSR count). The number of ether oxygens (including phenoxy) is 1. The van der Waals surface area contributed by atoms with Gasteiger partial charge < -0.3 is 20.9 Å². The van der Waals surface area contributed by atoms with E-state index in [2.05, 4.69) is 27.5 Å². The van der Waals surface area contributed by atoms with E-state index in [0.717, 1.165) is 29.9 Å². The van der Waals surface area contributed by atoms with E-state index in [-0.39, 0.29) is 30.1 Å². The van der Waals surface area contributed by atoms with Gasteiger partial charge in [-0.2, -0.15) is 0 Å². The van der Waals surface area contributed by atoms with Gasteiger partial charge in [0, 0.05) is 35.5 Å². The van der Waals surface area contributed by atoms with Crippen molar-refractivity contribution in [1.82, 2.24) is 9.97 Å². The number of aliphatic hydroxyl groups is 1. The molecule has 0 spiro atoms. The van der Waals surface area contributed by atoms with Gasteiger partial charge in [0.1, 0.15) is 5.82 Å². The maximum absolute atomic E-state index is 15.3. The van der Waals surface area contributed by atoms with Crippen molar-refractivity contribution in [2.75, 3.05) is 29.5 Å². The minimum absolute atomic E-state index is 0.00336. The van der Waals surface area contributed by atoms with E-state index in [1.807, 2.05) is 6.92 Å². The molecule has 1 aliphatic heterocycles. The van der Waals surface area contributed by atoms with Crippen LogP contribution in [0.25, 0.3) is 21.9 Å². The van der Waals surface area contributed by atoms with Gasteiger partial charge in [-0.15, -0.1) is 0 Å². The van der Waals surface area contributed by atoms with E-state index in [9.17, 15) is 9.90 Å². The number of fused-ring (bicyclic) bond motifs is 2. The number of pyridine rings is 2. The van der Waals surface area contributed by atoms with Crippen LogP contribution in [0.2, 0.25) is 0 Å². The summed E-state index contributed by atoms with van der Waals surface area (Å²) < 4.78 is 20.6. The zero-order valence-corrected chi connectivity index (χ0v) is 19.2. The standard InChI is InChI=1S/C25H28FN5O3/c1-12-3-20-24(30-8-12)13(2)18(9-28-20)17-6-15-7-21(29-10-19(15)23(27)22(17)26)31-25(33)34-11-14-4-16(32)5-14/h6-7,9-10,12,14,16,30,32H,3-5,8,11,27H2,1-2H3,(H,29,31,33)/t12-,14?,16?/m1/s1. The van der Waals surface area contributed by atoms with Gasteiger partial charge in [0.2, 0.25) is 0 Å². The van der Waals surface area contributed by atoms with Crippen molar-refractivity contribution < 1.29 is 19.0 Å². The molecular weight excluding hydrogens is 437 g/mol. The molecule has 178 valence electrons. The highest BCUT2D eigenvalue weighted by Crippen LogP contribution is 2.38. The fourth-order valence-electron chi connectivity index (χ4n) is 4.73. The summed E-state index contributed by atoms with van der Waals surface area (Å²) in [4.78, 5) is 20.9. The van der Waals surface area contributed by atoms with Crippen LogP contribution in [0.5, 0.6) is 0 Å².